The molecular weight excluding hydrogens is 333 g/mol. The zero-order chi connectivity index (χ0) is 18.1. The van der Waals surface area contributed by atoms with E-state index in [1.54, 1.807) is 30.5 Å². The summed E-state index contributed by atoms with van der Waals surface area (Å²) in [6.07, 6.45) is 3.51. The Balaban J connectivity index is 1.64. The summed E-state index contributed by atoms with van der Waals surface area (Å²) in [5.41, 5.74) is 3.50. The number of aromatic amines is 1. The van der Waals surface area contributed by atoms with Crippen LogP contribution in [0.3, 0.4) is 0 Å². The number of benzene rings is 2. The zero-order valence-corrected chi connectivity index (χ0v) is 13.5. The van der Waals surface area contributed by atoms with Crippen LogP contribution in [0.25, 0.3) is 11.6 Å². The van der Waals surface area contributed by atoms with E-state index in [0.717, 1.165) is 5.69 Å². The van der Waals surface area contributed by atoms with Crippen LogP contribution in [0.1, 0.15) is 21.6 Å². The summed E-state index contributed by atoms with van der Waals surface area (Å²) in [4.78, 5) is 27.7. The second-order valence-corrected chi connectivity index (χ2v) is 5.86. The van der Waals surface area contributed by atoms with Crippen molar-refractivity contribution in [3.8, 4) is 0 Å². The molecule has 0 unspecified atom stereocenters. The molecule has 0 saturated heterocycles. The van der Waals surface area contributed by atoms with Gasteiger partial charge >= 0.3 is 0 Å². The second kappa shape index (κ2) is 6.33. The van der Waals surface area contributed by atoms with Crippen LogP contribution >= 0.6 is 0 Å². The molecule has 6 heteroatoms. The minimum atomic E-state index is -0.371. The summed E-state index contributed by atoms with van der Waals surface area (Å²) in [6, 6.07) is 14.2. The number of aromatic nitrogens is 1. The maximum Gasteiger partial charge on any atom is 0.256 e. The topological polar surface area (TPSA) is 74.0 Å². The van der Waals surface area contributed by atoms with Crippen molar-refractivity contribution in [2.75, 3.05) is 10.6 Å². The third kappa shape index (κ3) is 3.00. The Morgan fingerprint density at radius 2 is 1.88 bits per heavy atom. The molecule has 0 radical (unpaired) electrons. The van der Waals surface area contributed by atoms with Gasteiger partial charge in [-0.1, -0.05) is 0 Å². The number of anilines is 2. The molecule has 1 aromatic heterocycles. The summed E-state index contributed by atoms with van der Waals surface area (Å²) in [7, 11) is 0. The second-order valence-electron chi connectivity index (χ2n) is 5.86. The lowest BCUT2D eigenvalue weighted by Crippen LogP contribution is -2.12. The van der Waals surface area contributed by atoms with E-state index in [1.807, 2.05) is 12.1 Å². The highest BCUT2D eigenvalue weighted by atomic mass is 19.1. The normalized spacial score (nSPS) is 14.2. The fourth-order valence-corrected chi connectivity index (χ4v) is 2.80. The number of halogens is 1. The Kier molecular flexibility index (Phi) is 3.85. The van der Waals surface area contributed by atoms with Gasteiger partial charge < -0.3 is 15.6 Å². The van der Waals surface area contributed by atoms with Gasteiger partial charge in [-0.2, -0.15) is 0 Å². The van der Waals surface area contributed by atoms with Crippen molar-refractivity contribution in [1.29, 1.82) is 0 Å². The van der Waals surface area contributed by atoms with Crippen LogP contribution in [0.2, 0.25) is 0 Å². The summed E-state index contributed by atoms with van der Waals surface area (Å²) in [6.45, 7) is 0. The van der Waals surface area contributed by atoms with E-state index in [2.05, 4.69) is 15.6 Å². The van der Waals surface area contributed by atoms with Gasteiger partial charge in [0.25, 0.3) is 11.8 Å². The molecule has 0 fully saturated rings. The fraction of sp³-hybridized carbons (Fsp3) is 0. The number of nitrogens with one attached hydrogen (secondary N) is 3. The Labute approximate surface area is 148 Å². The Morgan fingerprint density at radius 3 is 2.62 bits per heavy atom. The molecule has 26 heavy (non-hydrogen) atoms. The molecule has 0 aliphatic carbocycles. The molecule has 1 aliphatic rings. The first-order chi connectivity index (χ1) is 12.6. The van der Waals surface area contributed by atoms with Gasteiger partial charge in [-0.05, 0) is 60.7 Å². The maximum atomic E-state index is 13.0. The highest BCUT2D eigenvalue weighted by Gasteiger charge is 2.25. The van der Waals surface area contributed by atoms with Gasteiger partial charge in [0.05, 0.1) is 5.57 Å². The highest BCUT2D eigenvalue weighted by Crippen LogP contribution is 2.33. The first-order valence-electron chi connectivity index (χ1n) is 7.98. The number of rotatable bonds is 3. The molecule has 5 nitrogen and oxygen atoms in total. The Hall–Kier alpha value is -3.67. The molecule has 2 heterocycles. The lowest BCUT2D eigenvalue weighted by atomic mass is 10.0. The largest absolute Gasteiger partial charge is 0.362 e. The SMILES string of the molecule is O=C1Nc2ccc(C(=O)Nc3ccc(F)cc3)cc2/C1=C/c1ccc[nH]1. The van der Waals surface area contributed by atoms with E-state index in [0.29, 0.717) is 28.1 Å². The van der Waals surface area contributed by atoms with Crippen LogP contribution in [0, 0.1) is 5.82 Å². The first-order valence-corrected chi connectivity index (χ1v) is 7.98. The van der Waals surface area contributed by atoms with Gasteiger partial charge in [0.2, 0.25) is 0 Å². The molecule has 0 bridgehead atoms. The first kappa shape index (κ1) is 15.8. The highest BCUT2D eigenvalue weighted by molar-refractivity contribution is 6.35. The van der Waals surface area contributed by atoms with Crippen LogP contribution in [-0.2, 0) is 4.79 Å². The minimum Gasteiger partial charge on any atom is -0.362 e. The van der Waals surface area contributed by atoms with Crippen molar-refractivity contribution in [2.45, 2.75) is 0 Å². The number of amides is 2. The molecule has 128 valence electrons. The predicted octanol–water partition coefficient (Wildman–Crippen LogP) is 3.90. The third-order valence-electron chi connectivity index (χ3n) is 4.09. The van der Waals surface area contributed by atoms with Crippen molar-refractivity contribution in [1.82, 2.24) is 4.98 Å². The average molecular weight is 347 g/mol. The number of carbonyl (C=O) groups is 2. The standard InChI is InChI=1S/C20H14FN3O2/c21-13-4-6-14(7-5-13)23-19(25)12-3-8-18-16(10-12)17(20(26)24-18)11-15-2-1-9-22-15/h1-11,22H,(H,23,25)(H,24,26)/b17-11-. The number of hydrogen-bond acceptors (Lipinski definition) is 2. The van der Waals surface area contributed by atoms with Crippen molar-refractivity contribution in [3.63, 3.8) is 0 Å². The van der Waals surface area contributed by atoms with Gasteiger partial charge in [0.15, 0.2) is 0 Å². The molecule has 3 aromatic rings. The molecule has 3 N–H and O–H groups in total. The average Bonchev–Trinajstić information content (AvgIpc) is 3.25. The molecule has 0 spiro atoms. The molecule has 4 rings (SSSR count). The molecule has 2 amide bonds. The molecular formula is C20H14FN3O2. The number of hydrogen-bond donors (Lipinski definition) is 3. The maximum absolute atomic E-state index is 13.0. The van der Waals surface area contributed by atoms with E-state index in [-0.39, 0.29) is 17.6 Å². The van der Waals surface area contributed by atoms with Gasteiger partial charge in [0, 0.05) is 34.4 Å². The van der Waals surface area contributed by atoms with Crippen LogP contribution in [0.5, 0.6) is 0 Å². The quantitative estimate of drug-likeness (QED) is 0.629. The van der Waals surface area contributed by atoms with Crippen LogP contribution in [-0.4, -0.2) is 16.8 Å². The minimum absolute atomic E-state index is 0.217. The van der Waals surface area contributed by atoms with Crippen molar-refractivity contribution >= 4 is 34.8 Å². The summed E-state index contributed by atoms with van der Waals surface area (Å²) in [5.74, 6) is -0.923. The van der Waals surface area contributed by atoms with Crippen LogP contribution < -0.4 is 10.6 Å². The van der Waals surface area contributed by atoms with E-state index in [1.165, 1.54) is 24.3 Å². The van der Waals surface area contributed by atoms with Gasteiger partial charge in [0.1, 0.15) is 5.82 Å². The Morgan fingerprint density at radius 1 is 1.08 bits per heavy atom. The fourth-order valence-electron chi connectivity index (χ4n) is 2.80. The smallest absolute Gasteiger partial charge is 0.256 e. The lowest BCUT2D eigenvalue weighted by molar-refractivity contribution is -0.110. The van der Waals surface area contributed by atoms with Gasteiger partial charge in [-0.3, -0.25) is 9.59 Å². The predicted molar refractivity (Wildman–Crippen MR) is 98.1 cm³/mol. The van der Waals surface area contributed by atoms with E-state index in [9.17, 15) is 14.0 Å². The van der Waals surface area contributed by atoms with Crippen LogP contribution in [0.15, 0.2) is 60.8 Å². The number of carbonyl (C=O) groups excluding carboxylic acids is 2. The summed E-state index contributed by atoms with van der Waals surface area (Å²) in [5, 5.41) is 5.50. The Bertz CT molecular complexity index is 1020. The molecule has 1 aliphatic heterocycles. The summed E-state index contributed by atoms with van der Waals surface area (Å²) < 4.78 is 13.0. The summed E-state index contributed by atoms with van der Waals surface area (Å²) >= 11 is 0. The van der Waals surface area contributed by atoms with E-state index < -0.39 is 0 Å². The van der Waals surface area contributed by atoms with E-state index >= 15 is 0 Å². The van der Waals surface area contributed by atoms with Crippen molar-refractivity contribution in [2.24, 2.45) is 0 Å². The van der Waals surface area contributed by atoms with Gasteiger partial charge in [-0.25, -0.2) is 4.39 Å². The lowest BCUT2D eigenvalue weighted by Gasteiger charge is -2.07. The van der Waals surface area contributed by atoms with E-state index in [4.69, 9.17) is 0 Å². The van der Waals surface area contributed by atoms with Crippen LogP contribution in [0.4, 0.5) is 15.8 Å². The number of fused-ring (bicyclic) bond motifs is 1. The molecule has 0 saturated carbocycles. The van der Waals surface area contributed by atoms with Crippen molar-refractivity contribution in [3.05, 3.63) is 83.4 Å². The zero-order valence-electron chi connectivity index (χ0n) is 13.5. The van der Waals surface area contributed by atoms with Crippen molar-refractivity contribution < 1.29 is 14.0 Å². The molecule has 2 aromatic carbocycles. The van der Waals surface area contributed by atoms with Gasteiger partial charge in [-0.15, -0.1) is 0 Å². The number of H-pyrrole nitrogens is 1. The monoisotopic (exact) mass is 347 g/mol. The third-order valence-corrected chi connectivity index (χ3v) is 4.09. The molecule has 0 atom stereocenters.